The van der Waals surface area contributed by atoms with Gasteiger partial charge in [-0.3, -0.25) is 4.79 Å². The fourth-order valence-corrected chi connectivity index (χ4v) is 3.12. The lowest BCUT2D eigenvalue weighted by Gasteiger charge is -2.37. The van der Waals surface area contributed by atoms with Gasteiger partial charge in [-0.1, -0.05) is 45.0 Å². The molecule has 1 amide bonds. The molecule has 0 aliphatic heterocycles. The van der Waals surface area contributed by atoms with Crippen molar-refractivity contribution in [1.29, 1.82) is 0 Å². The summed E-state index contributed by atoms with van der Waals surface area (Å²) >= 11 is 0. The van der Waals surface area contributed by atoms with Gasteiger partial charge in [0.2, 0.25) is 11.9 Å². The molecule has 0 heterocycles. The van der Waals surface area contributed by atoms with E-state index in [1.807, 2.05) is 38.1 Å². The average Bonchev–Trinajstić information content (AvgIpc) is 2.61. The van der Waals surface area contributed by atoms with Crippen molar-refractivity contribution in [2.24, 2.45) is 5.92 Å². The Hall–Kier alpha value is -2.37. The number of rotatable bonds is 9. The third kappa shape index (κ3) is 5.81. The normalized spacial score (nSPS) is 12.0. The van der Waals surface area contributed by atoms with Crippen LogP contribution in [0.1, 0.15) is 58.7 Å². The first-order valence-corrected chi connectivity index (χ1v) is 9.49. The van der Waals surface area contributed by atoms with Crippen molar-refractivity contribution < 1.29 is 23.9 Å². The van der Waals surface area contributed by atoms with Crippen LogP contribution in [-0.4, -0.2) is 42.0 Å². The molecule has 27 heavy (non-hydrogen) atoms. The standard InChI is InChI=1S/C21H31NO5/c1-7-16-10-12-17(13-11-16)18(14(4)5)22(15(6)23)19(20(24)26-8-2)21(25)27-9-3/h10-14,18-19H,7-9H2,1-6H3. The lowest BCUT2D eigenvalue weighted by Crippen LogP contribution is -2.53. The molecular weight excluding hydrogens is 346 g/mol. The van der Waals surface area contributed by atoms with Gasteiger partial charge >= 0.3 is 11.9 Å². The highest BCUT2D eigenvalue weighted by Crippen LogP contribution is 2.31. The van der Waals surface area contributed by atoms with Crippen molar-refractivity contribution in [2.75, 3.05) is 13.2 Å². The Kier molecular flexibility index (Phi) is 8.98. The summed E-state index contributed by atoms with van der Waals surface area (Å²) in [6.45, 7) is 10.8. The Balaban J connectivity index is 3.44. The van der Waals surface area contributed by atoms with E-state index in [2.05, 4.69) is 6.92 Å². The van der Waals surface area contributed by atoms with E-state index in [0.29, 0.717) is 0 Å². The lowest BCUT2D eigenvalue weighted by molar-refractivity contribution is -0.170. The highest BCUT2D eigenvalue weighted by atomic mass is 16.6. The summed E-state index contributed by atoms with van der Waals surface area (Å²) in [7, 11) is 0. The van der Waals surface area contributed by atoms with Crippen molar-refractivity contribution in [3.05, 3.63) is 35.4 Å². The zero-order chi connectivity index (χ0) is 20.6. The summed E-state index contributed by atoms with van der Waals surface area (Å²) in [4.78, 5) is 38.9. The van der Waals surface area contributed by atoms with E-state index in [1.54, 1.807) is 13.8 Å². The molecule has 0 bridgehead atoms. The van der Waals surface area contributed by atoms with E-state index >= 15 is 0 Å². The van der Waals surface area contributed by atoms with Crippen molar-refractivity contribution in [2.45, 2.75) is 60.0 Å². The van der Waals surface area contributed by atoms with Gasteiger partial charge in [-0.2, -0.15) is 0 Å². The third-order valence-electron chi connectivity index (χ3n) is 4.32. The summed E-state index contributed by atoms with van der Waals surface area (Å²) in [6, 6.07) is 5.96. The number of hydrogen-bond acceptors (Lipinski definition) is 5. The molecule has 0 aliphatic carbocycles. The highest BCUT2D eigenvalue weighted by Gasteiger charge is 2.42. The molecule has 0 aliphatic rings. The van der Waals surface area contributed by atoms with Crippen LogP contribution in [0.2, 0.25) is 0 Å². The number of amides is 1. The SMILES string of the molecule is CCOC(=O)C(C(=O)OCC)N(C(C)=O)C(c1ccc(CC)cc1)C(C)C. The monoisotopic (exact) mass is 377 g/mol. The molecule has 0 radical (unpaired) electrons. The molecule has 1 atom stereocenters. The molecule has 1 rings (SSSR count). The minimum Gasteiger partial charge on any atom is -0.464 e. The number of ether oxygens (including phenoxy) is 2. The Labute approximate surface area is 161 Å². The summed E-state index contributed by atoms with van der Waals surface area (Å²) in [6.07, 6.45) is 0.900. The van der Waals surface area contributed by atoms with E-state index in [0.717, 1.165) is 12.0 Å². The first kappa shape index (κ1) is 22.7. The number of hydrogen-bond donors (Lipinski definition) is 0. The van der Waals surface area contributed by atoms with Gasteiger partial charge in [0.15, 0.2) is 0 Å². The number of aryl methyl sites for hydroxylation is 1. The lowest BCUT2D eigenvalue weighted by atomic mass is 9.92. The number of carbonyl (C=O) groups excluding carboxylic acids is 3. The minimum atomic E-state index is -1.43. The molecule has 150 valence electrons. The molecule has 0 N–H and O–H groups in total. The van der Waals surface area contributed by atoms with Crippen LogP contribution in [0, 0.1) is 5.92 Å². The van der Waals surface area contributed by atoms with Gasteiger partial charge < -0.3 is 14.4 Å². The van der Waals surface area contributed by atoms with Gasteiger partial charge in [0.1, 0.15) is 0 Å². The van der Waals surface area contributed by atoms with Crippen LogP contribution in [0.15, 0.2) is 24.3 Å². The Morgan fingerprint density at radius 1 is 0.926 bits per heavy atom. The van der Waals surface area contributed by atoms with Gasteiger partial charge in [-0.05, 0) is 37.3 Å². The van der Waals surface area contributed by atoms with Gasteiger partial charge in [0.25, 0.3) is 0 Å². The molecule has 0 aromatic heterocycles. The van der Waals surface area contributed by atoms with Gasteiger partial charge in [-0.15, -0.1) is 0 Å². The van der Waals surface area contributed by atoms with Crippen molar-refractivity contribution in [1.82, 2.24) is 4.90 Å². The largest absolute Gasteiger partial charge is 0.464 e. The molecule has 0 spiro atoms. The smallest absolute Gasteiger partial charge is 0.340 e. The zero-order valence-corrected chi connectivity index (χ0v) is 17.2. The van der Waals surface area contributed by atoms with Crippen LogP contribution in [0.3, 0.4) is 0 Å². The first-order valence-electron chi connectivity index (χ1n) is 9.49. The topological polar surface area (TPSA) is 72.9 Å². The molecule has 1 unspecified atom stereocenters. The zero-order valence-electron chi connectivity index (χ0n) is 17.2. The fraction of sp³-hybridized carbons (Fsp3) is 0.571. The van der Waals surface area contributed by atoms with Crippen molar-refractivity contribution in [3.63, 3.8) is 0 Å². The second-order valence-electron chi connectivity index (χ2n) is 6.62. The third-order valence-corrected chi connectivity index (χ3v) is 4.32. The number of esters is 2. The summed E-state index contributed by atoms with van der Waals surface area (Å²) in [5, 5.41) is 0. The first-order chi connectivity index (χ1) is 12.8. The molecule has 6 heteroatoms. The molecular formula is C21H31NO5. The maximum atomic E-state index is 12.6. The molecule has 0 saturated heterocycles. The van der Waals surface area contributed by atoms with Crippen LogP contribution >= 0.6 is 0 Å². The number of carbonyl (C=O) groups is 3. The summed E-state index contributed by atoms with van der Waals surface area (Å²) in [5.41, 5.74) is 2.03. The molecule has 6 nitrogen and oxygen atoms in total. The van der Waals surface area contributed by atoms with Crippen LogP contribution in [-0.2, 0) is 30.3 Å². The van der Waals surface area contributed by atoms with Crippen LogP contribution in [0.25, 0.3) is 0 Å². The minimum absolute atomic E-state index is 0.0345. The van der Waals surface area contributed by atoms with E-state index in [1.165, 1.54) is 17.4 Å². The van der Waals surface area contributed by atoms with Crippen molar-refractivity contribution in [3.8, 4) is 0 Å². The van der Waals surface area contributed by atoms with Crippen LogP contribution < -0.4 is 0 Å². The maximum absolute atomic E-state index is 12.6. The van der Waals surface area contributed by atoms with Crippen LogP contribution in [0.5, 0.6) is 0 Å². The van der Waals surface area contributed by atoms with E-state index < -0.39 is 24.0 Å². The second-order valence-corrected chi connectivity index (χ2v) is 6.62. The van der Waals surface area contributed by atoms with E-state index in [4.69, 9.17) is 9.47 Å². The average molecular weight is 377 g/mol. The molecule has 0 fully saturated rings. The van der Waals surface area contributed by atoms with Gasteiger partial charge in [-0.25, -0.2) is 9.59 Å². The number of benzene rings is 1. The maximum Gasteiger partial charge on any atom is 0.340 e. The molecule has 1 aromatic carbocycles. The second kappa shape index (κ2) is 10.7. The van der Waals surface area contributed by atoms with Gasteiger partial charge in [0, 0.05) is 6.92 Å². The Morgan fingerprint density at radius 2 is 1.41 bits per heavy atom. The Morgan fingerprint density at radius 3 is 1.74 bits per heavy atom. The highest BCUT2D eigenvalue weighted by molar-refractivity contribution is 6.02. The summed E-state index contributed by atoms with van der Waals surface area (Å²) in [5.74, 6) is -1.98. The van der Waals surface area contributed by atoms with Crippen molar-refractivity contribution >= 4 is 17.8 Å². The van der Waals surface area contributed by atoms with Crippen LogP contribution in [0.4, 0.5) is 0 Å². The van der Waals surface area contributed by atoms with Gasteiger partial charge in [0.05, 0.1) is 19.3 Å². The molecule has 1 aromatic rings. The summed E-state index contributed by atoms with van der Waals surface area (Å²) < 4.78 is 10.1. The molecule has 0 saturated carbocycles. The predicted molar refractivity (Wildman–Crippen MR) is 103 cm³/mol. The van der Waals surface area contributed by atoms with E-state index in [9.17, 15) is 14.4 Å². The quantitative estimate of drug-likeness (QED) is 0.488. The number of nitrogens with zero attached hydrogens (tertiary/aromatic N) is 1. The van der Waals surface area contributed by atoms with E-state index in [-0.39, 0.29) is 25.0 Å². The predicted octanol–water partition coefficient (Wildman–Crippen LogP) is 3.29. The fourth-order valence-electron chi connectivity index (χ4n) is 3.12. The Bertz CT molecular complexity index is 620.